The Morgan fingerprint density at radius 3 is 3.11 bits per heavy atom. The molecule has 0 aromatic heterocycles. The van der Waals surface area contributed by atoms with Gasteiger partial charge in [0.15, 0.2) is 0 Å². The molecule has 1 fully saturated rings. The Kier molecular flexibility index (Phi) is 4.36. The van der Waals surface area contributed by atoms with Crippen LogP contribution in [0.25, 0.3) is 0 Å². The van der Waals surface area contributed by atoms with Crippen molar-refractivity contribution in [2.75, 3.05) is 36.2 Å². The Labute approximate surface area is 111 Å². The summed E-state index contributed by atoms with van der Waals surface area (Å²) < 4.78 is 4.77. The van der Waals surface area contributed by atoms with Crippen LogP contribution in [0.2, 0.25) is 0 Å². The van der Waals surface area contributed by atoms with Crippen LogP contribution in [0, 0.1) is 5.92 Å². The first-order valence-corrected chi connectivity index (χ1v) is 7.16. The summed E-state index contributed by atoms with van der Waals surface area (Å²) >= 11 is 1.97. The number of thioether (sulfide) groups is 1. The molecular weight excluding hydrogens is 248 g/mol. The number of nitrogen functional groups attached to an aromatic ring is 1. The third-order valence-electron chi connectivity index (χ3n) is 3.09. The Morgan fingerprint density at radius 2 is 2.44 bits per heavy atom. The lowest BCUT2D eigenvalue weighted by Crippen LogP contribution is -2.17. The number of rotatable bonds is 4. The molecule has 5 heteroatoms. The second kappa shape index (κ2) is 6.00. The van der Waals surface area contributed by atoms with Crippen LogP contribution in [0.5, 0.6) is 0 Å². The number of carbonyl (C=O) groups is 1. The number of nitrogens with two attached hydrogens (primary N) is 1. The van der Waals surface area contributed by atoms with Crippen molar-refractivity contribution in [1.82, 2.24) is 0 Å². The van der Waals surface area contributed by atoms with E-state index in [4.69, 9.17) is 10.5 Å². The van der Waals surface area contributed by atoms with Crippen molar-refractivity contribution < 1.29 is 9.53 Å². The lowest BCUT2D eigenvalue weighted by atomic mass is 10.1. The zero-order valence-electron chi connectivity index (χ0n) is 10.4. The van der Waals surface area contributed by atoms with E-state index in [2.05, 4.69) is 5.32 Å². The normalized spacial score (nSPS) is 18.6. The highest BCUT2D eigenvalue weighted by molar-refractivity contribution is 7.99. The molecule has 1 aromatic carbocycles. The first kappa shape index (κ1) is 13.1. The minimum absolute atomic E-state index is 0.356. The van der Waals surface area contributed by atoms with Crippen molar-refractivity contribution in [2.45, 2.75) is 6.42 Å². The smallest absolute Gasteiger partial charge is 0.340 e. The first-order valence-electron chi connectivity index (χ1n) is 6.00. The van der Waals surface area contributed by atoms with Gasteiger partial charge in [0.05, 0.1) is 24.0 Å². The Morgan fingerprint density at radius 1 is 1.61 bits per heavy atom. The van der Waals surface area contributed by atoms with Gasteiger partial charge in [0, 0.05) is 6.54 Å². The van der Waals surface area contributed by atoms with E-state index in [0.717, 1.165) is 6.54 Å². The molecular formula is C13H18N2O2S. The fourth-order valence-corrected chi connectivity index (χ4v) is 3.32. The highest BCUT2D eigenvalue weighted by Crippen LogP contribution is 2.27. The van der Waals surface area contributed by atoms with Gasteiger partial charge in [-0.25, -0.2) is 4.79 Å². The maximum atomic E-state index is 11.7. The molecule has 1 unspecified atom stereocenters. The van der Waals surface area contributed by atoms with E-state index in [9.17, 15) is 4.79 Å². The van der Waals surface area contributed by atoms with Crippen LogP contribution in [0.3, 0.4) is 0 Å². The molecule has 0 bridgehead atoms. The molecule has 0 spiro atoms. The Hall–Kier alpha value is -1.36. The predicted octanol–water partition coefficient (Wildman–Crippen LogP) is 2.22. The largest absolute Gasteiger partial charge is 0.465 e. The van der Waals surface area contributed by atoms with Gasteiger partial charge in [-0.3, -0.25) is 0 Å². The summed E-state index contributed by atoms with van der Waals surface area (Å²) in [6.45, 7) is 0.852. The topological polar surface area (TPSA) is 64.3 Å². The van der Waals surface area contributed by atoms with E-state index < -0.39 is 0 Å². The molecule has 1 heterocycles. The molecule has 0 aliphatic carbocycles. The van der Waals surface area contributed by atoms with Gasteiger partial charge in [-0.1, -0.05) is 6.07 Å². The van der Waals surface area contributed by atoms with Gasteiger partial charge < -0.3 is 15.8 Å². The third-order valence-corrected chi connectivity index (χ3v) is 4.32. The first-order chi connectivity index (χ1) is 8.72. The summed E-state index contributed by atoms with van der Waals surface area (Å²) in [7, 11) is 1.38. The number of methoxy groups -OCH3 is 1. The van der Waals surface area contributed by atoms with Gasteiger partial charge in [-0.2, -0.15) is 11.8 Å². The van der Waals surface area contributed by atoms with Crippen molar-refractivity contribution >= 4 is 29.1 Å². The van der Waals surface area contributed by atoms with Crippen LogP contribution in [0.4, 0.5) is 11.4 Å². The molecule has 1 saturated heterocycles. The van der Waals surface area contributed by atoms with Crippen molar-refractivity contribution in [1.29, 1.82) is 0 Å². The van der Waals surface area contributed by atoms with E-state index in [1.54, 1.807) is 18.2 Å². The van der Waals surface area contributed by atoms with Crippen LogP contribution in [0.15, 0.2) is 18.2 Å². The van der Waals surface area contributed by atoms with Crippen LogP contribution in [-0.4, -0.2) is 31.1 Å². The number of hydrogen-bond donors (Lipinski definition) is 2. The number of ether oxygens (including phenoxy) is 1. The lowest BCUT2D eigenvalue weighted by Gasteiger charge is -2.15. The van der Waals surface area contributed by atoms with E-state index >= 15 is 0 Å². The summed E-state index contributed by atoms with van der Waals surface area (Å²) in [5.74, 6) is 2.69. The fourth-order valence-electron chi connectivity index (χ4n) is 2.04. The molecule has 0 amide bonds. The molecule has 4 nitrogen and oxygen atoms in total. The van der Waals surface area contributed by atoms with Crippen LogP contribution in [-0.2, 0) is 4.74 Å². The molecule has 1 aromatic rings. The second-order valence-corrected chi connectivity index (χ2v) is 5.52. The summed E-state index contributed by atoms with van der Waals surface area (Å²) in [6, 6.07) is 5.28. The summed E-state index contributed by atoms with van der Waals surface area (Å²) in [6.07, 6.45) is 1.22. The van der Waals surface area contributed by atoms with Gasteiger partial charge >= 0.3 is 5.97 Å². The number of nitrogens with one attached hydrogen (secondary N) is 1. The van der Waals surface area contributed by atoms with Crippen molar-refractivity contribution in [3.8, 4) is 0 Å². The predicted molar refractivity (Wildman–Crippen MR) is 76.1 cm³/mol. The molecule has 1 atom stereocenters. The van der Waals surface area contributed by atoms with Crippen LogP contribution >= 0.6 is 11.8 Å². The minimum atomic E-state index is -0.356. The monoisotopic (exact) mass is 266 g/mol. The van der Waals surface area contributed by atoms with E-state index in [-0.39, 0.29) is 5.97 Å². The van der Waals surface area contributed by atoms with Gasteiger partial charge in [0.2, 0.25) is 0 Å². The van der Waals surface area contributed by atoms with Crippen LogP contribution in [0.1, 0.15) is 16.8 Å². The molecule has 18 heavy (non-hydrogen) atoms. The summed E-state index contributed by atoms with van der Waals surface area (Å²) in [4.78, 5) is 11.7. The average molecular weight is 266 g/mol. The van der Waals surface area contributed by atoms with Crippen molar-refractivity contribution in [3.63, 3.8) is 0 Å². The minimum Gasteiger partial charge on any atom is -0.465 e. The van der Waals surface area contributed by atoms with Gasteiger partial charge in [-0.15, -0.1) is 0 Å². The average Bonchev–Trinajstić information content (AvgIpc) is 2.89. The third kappa shape index (κ3) is 2.90. The zero-order valence-corrected chi connectivity index (χ0v) is 11.3. The van der Waals surface area contributed by atoms with E-state index in [1.165, 1.54) is 25.0 Å². The summed E-state index contributed by atoms with van der Waals surface area (Å²) in [5.41, 5.74) is 7.71. The Bertz CT molecular complexity index is 431. The maximum absolute atomic E-state index is 11.7. The highest BCUT2D eigenvalue weighted by Gasteiger charge is 2.18. The molecule has 0 saturated carbocycles. The maximum Gasteiger partial charge on any atom is 0.340 e. The highest BCUT2D eigenvalue weighted by atomic mass is 32.2. The lowest BCUT2D eigenvalue weighted by molar-refractivity contribution is 0.0602. The molecule has 3 N–H and O–H groups in total. The van der Waals surface area contributed by atoms with Gasteiger partial charge in [0.25, 0.3) is 0 Å². The molecule has 2 rings (SSSR count). The quantitative estimate of drug-likeness (QED) is 0.646. The molecule has 0 radical (unpaired) electrons. The fraction of sp³-hybridized carbons (Fsp3) is 0.462. The molecule has 1 aliphatic rings. The SMILES string of the molecule is COC(=O)c1cccc(N)c1NCC1CCSC1. The van der Waals surface area contributed by atoms with Crippen LogP contribution < -0.4 is 11.1 Å². The second-order valence-electron chi connectivity index (χ2n) is 4.37. The van der Waals surface area contributed by atoms with Gasteiger partial charge in [0.1, 0.15) is 0 Å². The number of anilines is 2. The Balaban J connectivity index is 2.11. The summed E-state index contributed by atoms with van der Waals surface area (Å²) in [5, 5.41) is 3.30. The number of esters is 1. The number of para-hydroxylation sites is 1. The van der Waals surface area contributed by atoms with Crippen molar-refractivity contribution in [3.05, 3.63) is 23.8 Å². The van der Waals surface area contributed by atoms with Gasteiger partial charge in [-0.05, 0) is 36.0 Å². The number of hydrogen-bond acceptors (Lipinski definition) is 5. The number of carbonyl (C=O) groups excluding carboxylic acids is 1. The standard InChI is InChI=1S/C13H18N2O2S/c1-17-13(16)10-3-2-4-11(14)12(10)15-7-9-5-6-18-8-9/h2-4,9,15H,5-8,14H2,1H3. The van der Waals surface area contributed by atoms with E-state index in [1.807, 2.05) is 11.8 Å². The molecule has 98 valence electrons. The zero-order chi connectivity index (χ0) is 13.0. The molecule has 1 aliphatic heterocycles. The van der Waals surface area contributed by atoms with Crippen molar-refractivity contribution in [2.24, 2.45) is 5.92 Å². The number of benzene rings is 1. The van der Waals surface area contributed by atoms with E-state index in [0.29, 0.717) is 22.9 Å².